The van der Waals surface area contributed by atoms with E-state index in [2.05, 4.69) is 33.9 Å². The van der Waals surface area contributed by atoms with Gasteiger partial charge in [-0.15, -0.1) is 0 Å². The molecule has 1 aromatic carbocycles. The second-order valence-electron chi connectivity index (χ2n) is 4.85. The van der Waals surface area contributed by atoms with Gasteiger partial charge in [-0.05, 0) is 31.5 Å². The number of benzene rings is 1. The smallest absolute Gasteiger partial charge is 0.230 e. The summed E-state index contributed by atoms with van der Waals surface area (Å²) < 4.78 is 0. The maximum absolute atomic E-state index is 5.72. The van der Waals surface area contributed by atoms with E-state index in [1.807, 2.05) is 31.2 Å². The van der Waals surface area contributed by atoms with Gasteiger partial charge in [0.25, 0.3) is 0 Å². The summed E-state index contributed by atoms with van der Waals surface area (Å²) in [6.45, 7) is 5.51. The molecule has 0 bridgehead atoms. The quantitative estimate of drug-likeness (QED) is 0.876. The molecule has 0 fully saturated rings. The minimum Gasteiger partial charge on any atom is -0.325 e. The number of aromatic nitrogens is 2. The predicted molar refractivity (Wildman–Crippen MR) is 83.0 cm³/mol. The molecule has 0 atom stereocenters. The van der Waals surface area contributed by atoms with Gasteiger partial charge >= 0.3 is 0 Å². The lowest BCUT2D eigenvalue weighted by molar-refractivity contribution is 0.765. The Morgan fingerprint density at radius 3 is 2.55 bits per heavy atom. The van der Waals surface area contributed by atoms with E-state index >= 15 is 0 Å². The fourth-order valence-corrected chi connectivity index (χ4v) is 2.11. The summed E-state index contributed by atoms with van der Waals surface area (Å²) in [4.78, 5) is 11.3. The zero-order chi connectivity index (χ0) is 14.4. The van der Waals surface area contributed by atoms with Crippen LogP contribution >= 0.6 is 0 Å². The minimum absolute atomic E-state index is 0.437. The number of nitrogens with two attached hydrogens (primary N) is 1. The maximum Gasteiger partial charge on any atom is 0.230 e. The van der Waals surface area contributed by atoms with Crippen LogP contribution in [0.1, 0.15) is 31.2 Å². The summed E-state index contributed by atoms with van der Waals surface area (Å²) in [6, 6.07) is 12.2. The molecule has 1 aromatic heterocycles. The summed E-state index contributed by atoms with van der Waals surface area (Å²) in [5.74, 6) is 0.741. The molecule has 20 heavy (non-hydrogen) atoms. The van der Waals surface area contributed by atoms with Crippen LogP contribution in [-0.2, 0) is 6.54 Å². The molecule has 0 spiro atoms. The molecule has 2 aromatic rings. The van der Waals surface area contributed by atoms with Gasteiger partial charge in [0.1, 0.15) is 0 Å². The van der Waals surface area contributed by atoms with Gasteiger partial charge in [0.05, 0.1) is 5.69 Å². The van der Waals surface area contributed by atoms with Crippen LogP contribution in [0.15, 0.2) is 36.4 Å². The first-order valence-corrected chi connectivity index (χ1v) is 7.11. The molecule has 1 heterocycles. The van der Waals surface area contributed by atoms with Gasteiger partial charge in [-0.25, -0.2) is 9.97 Å². The standard InChI is InChI=1S/C16H22N4/c1-3-4-10-20(15-8-6-5-7-9-15)16-18-13(2)11-14(12-17)19-16/h5-9,11H,3-4,10,12,17H2,1-2H3. The topological polar surface area (TPSA) is 55.0 Å². The van der Waals surface area contributed by atoms with Gasteiger partial charge in [0.15, 0.2) is 0 Å². The van der Waals surface area contributed by atoms with E-state index in [4.69, 9.17) is 5.73 Å². The highest BCUT2D eigenvalue weighted by atomic mass is 15.3. The van der Waals surface area contributed by atoms with Gasteiger partial charge in [0, 0.05) is 24.5 Å². The summed E-state index contributed by atoms with van der Waals surface area (Å²) in [5, 5.41) is 0. The van der Waals surface area contributed by atoms with Crippen LogP contribution < -0.4 is 10.6 Å². The number of nitrogens with zero attached hydrogens (tertiary/aromatic N) is 3. The fraction of sp³-hybridized carbons (Fsp3) is 0.375. The van der Waals surface area contributed by atoms with Crippen molar-refractivity contribution < 1.29 is 0 Å². The van der Waals surface area contributed by atoms with Crippen LogP contribution in [-0.4, -0.2) is 16.5 Å². The lowest BCUT2D eigenvalue weighted by Crippen LogP contribution is -2.22. The molecule has 0 aliphatic rings. The normalized spacial score (nSPS) is 10.6. The summed E-state index contributed by atoms with van der Waals surface area (Å²) in [7, 11) is 0. The molecule has 0 aliphatic carbocycles. The minimum atomic E-state index is 0.437. The molecule has 0 unspecified atom stereocenters. The van der Waals surface area contributed by atoms with Crippen molar-refractivity contribution in [1.82, 2.24) is 9.97 Å². The van der Waals surface area contributed by atoms with Crippen LogP contribution in [0.25, 0.3) is 0 Å². The van der Waals surface area contributed by atoms with Crippen molar-refractivity contribution >= 4 is 11.6 Å². The Morgan fingerprint density at radius 2 is 1.90 bits per heavy atom. The highest BCUT2D eigenvalue weighted by molar-refractivity contribution is 5.57. The lowest BCUT2D eigenvalue weighted by atomic mass is 10.2. The molecule has 2 N–H and O–H groups in total. The molecule has 0 amide bonds. The Labute approximate surface area is 120 Å². The fourth-order valence-electron chi connectivity index (χ4n) is 2.11. The van der Waals surface area contributed by atoms with Crippen molar-refractivity contribution in [2.24, 2.45) is 5.73 Å². The highest BCUT2D eigenvalue weighted by Gasteiger charge is 2.12. The second-order valence-corrected chi connectivity index (χ2v) is 4.85. The molecule has 0 aliphatic heterocycles. The molecule has 2 rings (SSSR count). The Balaban J connectivity index is 2.38. The second kappa shape index (κ2) is 7.01. The van der Waals surface area contributed by atoms with Crippen LogP contribution in [0.4, 0.5) is 11.6 Å². The van der Waals surface area contributed by atoms with Gasteiger partial charge in [-0.1, -0.05) is 31.5 Å². The molecule has 4 nitrogen and oxygen atoms in total. The molecule has 4 heteroatoms. The first-order chi connectivity index (χ1) is 9.74. The van der Waals surface area contributed by atoms with Crippen molar-refractivity contribution in [2.75, 3.05) is 11.4 Å². The Kier molecular flexibility index (Phi) is 5.07. The third kappa shape index (κ3) is 3.54. The zero-order valence-electron chi connectivity index (χ0n) is 12.2. The van der Waals surface area contributed by atoms with E-state index in [9.17, 15) is 0 Å². The number of para-hydroxylation sites is 1. The Hall–Kier alpha value is -1.94. The van der Waals surface area contributed by atoms with Crippen molar-refractivity contribution in [3.63, 3.8) is 0 Å². The summed E-state index contributed by atoms with van der Waals surface area (Å²) in [6.07, 6.45) is 2.24. The molecule has 0 saturated carbocycles. The maximum atomic E-state index is 5.72. The van der Waals surface area contributed by atoms with E-state index < -0.39 is 0 Å². The number of aryl methyl sites for hydroxylation is 1. The van der Waals surface area contributed by atoms with Crippen LogP contribution in [0.3, 0.4) is 0 Å². The van der Waals surface area contributed by atoms with Crippen LogP contribution in [0, 0.1) is 6.92 Å². The van der Waals surface area contributed by atoms with E-state index in [0.717, 1.165) is 42.4 Å². The van der Waals surface area contributed by atoms with E-state index in [1.165, 1.54) is 0 Å². The number of hydrogen-bond acceptors (Lipinski definition) is 4. The molecular formula is C16H22N4. The number of hydrogen-bond donors (Lipinski definition) is 1. The van der Waals surface area contributed by atoms with Gasteiger partial charge in [0.2, 0.25) is 5.95 Å². The van der Waals surface area contributed by atoms with E-state index in [0.29, 0.717) is 6.54 Å². The van der Waals surface area contributed by atoms with Gasteiger partial charge in [-0.3, -0.25) is 0 Å². The number of anilines is 2. The van der Waals surface area contributed by atoms with Crippen molar-refractivity contribution in [3.8, 4) is 0 Å². The van der Waals surface area contributed by atoms with Gasteiger partial charge in [-0.2, -0.15) is 0 Å². The molecule has 106 valence electrons. The third-order valence-corrected chi connectivity index (χ3v) is 3.15. The molecular weight excluding hydrogens is 248 g/mol. The zero-order valence-corrected chi connectivity index (χ0v) is 12.2. The van der Waals surface area contributed by atoms with Crippen LogP contribution in [0.2, 0.25) is 0 Å². The van der Waals surface area contributed by atoms with Crippen molar-refractivity contribution in [1.29, 1.82) is 0 Å². The first kappa shape index (κ1) is 14.5. The summed E-state index contributed by atoms with van der Waals surface area (Å²) in [5.41, 5.74) is 8.67. The van der Waals surface area contributed by atoms with Gasteiger partial charge < -0.3 is 10.6 Å². The Bertz CT molecular complexity index is 539. The van der Waals surface area contributed by atoms with E-state index in [1.54, 1.807) is 0 Å². The van der Waals surface area contributed by atoms with Crippen molar-refractivity contribution in [2.45, 2.75) is 33.2 Å². The van der Waals surface area contributed by atoms with Crippen LogP contribution in [0.5, 0.6) is 0 Å². The number of rotatable bonds is 6. The monoisotopic (exact) mass is 270 g/mol. The highest BCUT2D eigenvalue weighted by Crippen LogP contribution is 2.22. The van der Waals surface area contributed by atoms with E-state index in [-0.39, 0.29) is 0 Å². The third-order valence-electron chi connectivity index (χ3n) is 3.15. The number of unbranched alkanes of at least 4 members (excludes halogenated alkanes) is 1. The molecule has 0 radical (unpaired) electrons. The average Bonchev–Trinajstić information content (AvgIpc) is 2.48. The predicted octanol–water partition coefficient (Wildman–Crippen LogP) is 3.18. The molecule has 0 saturated heterocycles. The Morgan fingerprint density at radius 1 is 1.15 bits per heavy atom. The SMILES string of the molecule is CCCCN(c1ccccc1)c1nc(C)cc(CN)n1. The van der Waals surface area contributed by atoms with Crippen molar-refractivity contribution in [3.05, 3.63) is 47.8 Å². The summed E-state index contributed by atoms with van der Waals surface area (Å²) >= 11 is 0. The largest absolute Gasteiger partial charge is 0.325 e. The lowest BCUT2D eigenvalue weighted by Gasteiger charge is -2.23. The average molecular weight is 270 g/mol. The first-order valence-electron chi connectivity index (χ1n) is 7.11.